The van der Waals surface area contributed by atoms with Crippen molar-refractivity contribution in [2.75, 3.05) is 24.6 Å². The van der Waals surface area contributed by atoms with E-state index in [9.17, 15) is 4.79 Å². The highest BCUT2D eigenvalue weighted by molar-refractivity contribution is 9.13. The third-order valence-electron chi connectivity index (χ3n) is 5.78. The second-order valence-corrected chi connectivity index (χ2v) is 11.7. The molecule has 5 rings (SSSR count). The summed E-state index contributed by atoms with van der Waals surface area (Å²) in [6.45, 7) is 0.704. The van der Waals surface area contributed by atoms with Crippen LogP contribution in [0.4, 0.5) is 11.9 Å². The number of aliphatic imine (C=N–C) groups is 1. The van der Waals surface area contributed by atoms with Gasteiger partial charge in [0.2, 0.25) is 5.90 Å². The minimum atomic E-state index is -0.361. The Labute approximate surface area is 249 Å². The largest absolute Gasteiger partial charge is 0.470 e. The first-order valence-corrected chi connectivity index (χ1v) is 14.4. The van der Waals surface area contributed by atoms with Crippen LogP contribution in [-0.4, -0.2) is 50.9 Å². The van der Waals surface area contributed by atoms with Gasteiger partial charge < -0.3 is 20.0 Å². The highest BCUT2D eigenvalue weighted by Gasteiger charge is 2.39. The Balaban J connectivity index is 1.36. The van der Waals surface area contributed by atoms with Gasteiger partial charge in [0.15, 0.2) is 0 Å². The van der Waals surface area contributed by atoms with Crippen LogP contribution < -0.4 is 26.8 Å². The molecule has 1 aliphatic rings. The molecular formula is C22H22Br4N10O2+2. The molecular weight excluding hydrogens is 756 g/mol. The standard InChI is InChI=1S/C22H20Br4N10O2/c23-8-4-11(32-17(8)25)19(37)29-3-1-2-10-16(36-22(28)34-10)15(13-6-31-21(27)35-13)14-7-30-20(38-14)12-5-9(24)18(26)33-12/h1-2,4-6,14-15,32-33H,3,7H2,(H,29,37)(H3,27,31,35)(H3,28,34,36)/p+2/b2-1+/t14-,15-/m1/s1. The lowest BCUT2D eigenvalue weighted by Gasteiger charge is -2.18. The molecule has 0 radical (unpaired) electrons. The molecule has 0 aliphatic carbocycles. The van der Waals surface area contributed by atoms with E-state index in [1.54, 1.807) is 12.3 Å². The van der Waals surface area contributed by atoms with Crippen LogP contribution in [0.1, 0.15) is 39.2 Å². The zero-order valence-corrected chi connectivity index (χ0v) is 25.7. The zero-order valence-electron chi connectivity index (χ0n) is 19.4. The number of carbonyl (C=O) groups excluding carboxylic acids is 1. The summed E-state index contributed by atoms with van der Waals surface area (Å²) in [6, 6.07) is 3.60. The van der Waals surface area contributed by atoms with Gasteiger partial charge in [-0.05, 0) is 81.9 Å². The van der Waals surface area contributed by atoms with Crippen molar-refractivity contribution in [1.82, 2.24) is 25.3 Å². The highest BCUT2D eigenvalue weighted by Crippen LogP contribution is 2.34. The fourth-order valence-corrected chi connectivity index (χ4v) is 5.42. The van der Waals surface area contributed by atoms with Gasteiger partial charge in [0.05, 0.1) is 30.9 Å². The zero-order chi connectivity index (χ0) is 27.0. The van der Waals surface area contributed by atoms with Crippen LogP contribution in [0.5, 0.6) is 0 Å². The number of nitrogen functional groups attached to an aromatic ring is 2. The summed E-state index contributed by atoms with van der Waals surface area (Å²) in [4.78, 5) is 35.7. The van der Waals surface area contributed by atoms with Gasteiger partial charge in [0.25, 0.3) is 5.91 Å². The Morgan fingerprint density at radius 1 is 1.13 bits per heavy atom. The maximum absolute atomic E-state index is 12.4. The van der Waals surface area contributed by atoms with Crippen molar-refractivity contribution in [3.63, 3.8) is 0 Å². The Kier molecular flexibility index (Phi) is 7.83. The lowest BCUT2D eigenvalue weighted by molar-refractivity contribution is -0.361. The van der Waals surface area contributed by atoms with Crippen molar-refractivity contribution in [3.05, 3.63) is 71.0 Å². The van der Waals surface area contributed by atoms with Crippen LogP contribution in [0.25, 0.3) is 6.08 Å². The summed E-state index contributed by atoms with van der Waals surface area (Å²) in [5.41, 5.74) is 15.6. The average molecular weight is 778 g/mol. The number of ether oxygens (including phenoxy) is 1. The maximum atomic E-state index is 12.4. The molecule has 2 atom stereocenters. The molecule has 5 heterocycles. The molecule has 1 aliphatic heterocycles. The summed E-state index contributed by atoms with van der Waals surface area (Å²) >= 11 is 13.6. The van der Waals surface area contributed by atoms with Gasteiger partial charge >= 0.3 is 11.9 Å². The van der Waals surface area contributed by atoms with Crippen LogP contribution in [-0.2, 0) is 4.74 Å². The Morgan fingerprint density at radius 3 is 2.55 bits per heavy atom. The molecule has 0 fully saturated rings. The molecule has 0 saturated carbocycles. The van der Waals surface area contributed by atoms with Gasteiger partial charge in [-0.25, -0.2) is 24.9 Å². The minimum Gasteiger partial charge on any atom is -0.470 e. The molecule has 16 heteroatoms. The molecule has 0 bridgehead atoms. The van der Waals surface area contributed by atoms with E-state index in [4.69, 9.17) is 16.2 Å². The second kappa shape index (κ2) is 11.1. The number of H-pyrrole nitrogens is 6. The number of carbonyl (C=O) groups is 1. The summed E-state index contributed by atoms with van der Waals surface area (Å²) in [7, 11) is 0. The van der Waals surface area contributed by atoms with E-state index < -0.39 is 0 Å². The SMILES string of the molecule is Nc1[nH]c([C@@H](c2[nH]c(N)[nH+]c2/C=C/CNC(=O)c2cc(Br)c(Br)[nH]2)[C@H]2CN=C(c3cc(Br)c(Br)[nH]3)O2)c[nH+]1. The summed E-state index contributed by atoms with van der Waals surface area (Å²) in [6.07, 6.45) is 5.11. The molecule has 38 heavy (non-hydrogen) atoms. The molecule has 1 amide bonds. The van der Waals surface area contributed by atoms with Gasteiger partial charge in [0.1, 0.15) is 40.5 Å². The van der Waals surface area contributed by atoms with E-state index in [1.807, 2.05) is 18.2 Å². The van der Waals surface area contributed by atoms with Crippen molar-refractivity contribution in [3.8, 4) is 0 Å². The number of nitrogens with zero attached hydrogens (tertiary/aromatic N) is 1. The second-order valence-electron chi connectivity index (χ2n) is 8.36. The number of amides is 1. The van der Waals surface area contributed by atoms with Crippen LogP contribution in [0.15, 0.2) is 47.5 Å². The average Bonchev–Trinajstić information content (AvgIpc) is 3.69. The number of aromatic amines is 6. The maximum Gasteiger partial charge on any atom is 0.350 e. The Bertz CT molecular complexity index is 1510. The molecule has 4 aromatic heterocycles. The first-order valence-electron chi connectivity index (χ1n) is 11.2. The molecule has 12 nitrogen and oxygen atoms in total. The minimum absolute atomic E-state index is 0.235. The number of nitrogens with two attached hydrogens (primary N) is 2. The molecule has 0 unspecified atom stereocenters. The predicted octanol–water partition coefficient (Wildman–Crippen LogP) is 3.26. The van der Waals surface area contributed by atoms with Crippen LogP contribution >= 0.6 is 63.7 Å². The molecule has 0 aromatic carbocycles. The van der Waals surface area contributed by atoms with Crippen molar-refractivity contribution in [2.24, 2.45) is 4.99 Å². The predicted molar refractivity (Wildman–Crippen MR) is 155 cm³/mol. The normalized spacial score (nSPS) is 16.1. The lowest BCUT2D eigenvalue weighted by atomic mass is 9.93. The number of rotatable bonds is 8. The third kappa shape index (κ3) is 5.62. The Morgan fingerprint density at radius 2 is 1.89 bits per heavy atom. The van der Waals surface area contributed by atoms with Crippen LogP contribution in [0.2, 0.25) is 0 Å². The van der Waals surface area contributed by atoms with Crippen LogP contribution in [0.3, 0.4) is 0 Å². The van der Waals surface area contributed by atoms with Gasteiger partial charge in [-0.3, -0.25) is 16.3 Å². The van der Waals surface area contributed by atoms with E-state index >= 15 is 0 Å². The smallest absolute Gasteiger partial charge is 0.350 e. The molecule has 198 valence electrons. The van der Waals surface area contributed by atoms with Gasteiger partial charge in [-0.2, -0.15) is 0 Å². The van der Waals surface area contributed by atoms with E-state index in [0.717, 1.165) is 36.3 Å². The summed E-state index contributed by atoms with van der Waals surface area (Å²) < 4.78 is 9.45. The molecule has 0 spiro atoms. The number of nitrogens with one attached hydrogen (secondary N) is 7. The van der Waals surface area contributed by atoms with Gasteiger partial charge in [0, 0.05) is 6.54 Å². The van der Waals surface area contributed by atoms with Gasteiger partial charge in [-0.15, -0.1) is 0 Å². The van der Waals surface area contributed by atoms with Crippen molar-refractivity contribution < 1.29 is 19.5 Å². The number of halogens is 4. The fraction of sp³-hybridized carbons (Fsp3) is 0.182. The molecule has 11 N–H and O–H groups in total. The van der Waals surface area contributed by atoms with Crippen molar-refractivity contribution in [1.29, 1.82) is 0 Å². The van der Waals surface area contributed by atoms with Gasteiger partial charge in [-0.1, -0.05) is 6.08 Å². The number of aromatic nitrogens is 6. The Hall–Kier alpha value is -2.82. The molecule has 0 saturated heterocycles. The summed E-state index contributed by atoms with van der Waals surface area (Å²) in [5.74, 6) is 0.714. The topological polar surface area (TPSA) is 194 Å². The van der Waals surface area contributed by atoms with Crippen LogP contribution in [0, 0.1) is 0 Å². The number of hydrogen-bond acceptors (Lipinski definition) is 5. The van der Waals surface area contributed by atoms with E-state index in [1.165, 1.54) is 0 Å². The lowest BCUT2D eigenvalue weighted by Crippen LogP contribution is -2.26. The first kappa shape index (κ1) is 26.8. The van der Waals surface area contributed by atoms with Crippen molar-refractivity contribution >= 4 is 93.5 Å². The monoisotopic (exact) mass is 774 g/mol. The highest BCUT2D eigenvalue weighted by atomic mass is 79.9. The number of hydrogen-bond donors (Lipinski definition) is 7. The van der Waals surface area contributed by atoms with E-state index in [0.29, 0.717) is 41.2 Å². The van der Waals surface area contributed by atoms with E-state index in [2.05, 4.69) is 104 Å². The number of imidazole rings is 2. The van der Waals surface area contributed by atoms with Crippen molar-refractivity contribution in [2.45, 2.75) is 12.0 Å². The molecule has 4 aromatic rings. The summed E-state index contributed by atoms with van der Waals surface area (Å²) in [5, 5.41) is 2.85. The quantitative estimate of drug-likeness (QED) is 0.145. The fourth-order valence-electron chi connectivity index (χ4n) is 4.11. The first-order chi connectivity index (χ1) is 18.2. The third-order valence-corrected chi connectivity index (χ3v) is 9.34. The number of anilines is 2. The van der Waals surface area contributed by atoms with E-state index in [-0.39, 0.29) is 17.9 Å².